The number of ether oxygens (including phenoxy) is 3. The second-order valence-electron chi connectivity index (χ2n) is 3.94. The van der Waals surface area contributed by atoms with E-state index in [2.05, 4.69) is 15.4 Å². The summed E-state index contributed by atoms with van der Waals surface area (Å²) in [5.41, 5.74) is 0. The molecule has 0 aromatic heterocycles. The summed E-state index contributed by atoms with van der Waals surface area (Å²) < 4.78 is 14.7. The van der Waals surface area contributed by atoms with E-state index in [4.69, 9.17) is 9.47 Å². The quantitative estimate of drug-likeness (QED) is 0.384. The molecule has 19 heavy (non-hydrogen) atoms. The van der Waals surface area contributed by atoms with Gasteiger partial charge in [0.2, 0.25) is 5.91 Å². The molecule has 0 aromatic rings. The second-order valence-corrected chi connectivity index (χ2v) is 3.94. The normalized spacial score (nSPS) is 11.9. The van der Waals surface area contributed by atoms with Gasteiger partial charge in [0, 0.05) is 27.2 Å². The van der Waals surface area contributed by atoms with Crippen LogP contribution in [-0.2, 0) is 23.8 Å². The molecule has 0 aliphatic carbocycles. The molecule has 0 saturated carbocycles. The Labute approximate surface area is 114 Å². The van der Waals surface area contributed by atoms with Gasteiger partial charge in [-0.1, -0.05) is 0 Å². The molecule has 0 bridgehead atoms. The summed E-state index contributed by atoms with van der Waals surface area (Å²) in [4.78, 5) is 22.3. The number of methoxy groups -OCH3 is 2. The van der Waals surface area contributed by atoms with E-state index in [0.717, 1.165) is 6.42 Å². The van der Waals surface area contributed by atoms with Crippen molar-refractivity contribution in [3.8, 4) is 0 Å². The Morgan fingerprint density at radius 3 is 2.47 bits per heavy atom. The van der Waals surface area contributed by atoms with E-state index in [-0.39, 0.29) is 5.91 Å². The van der Waals surface area contributed by atoms with Gasteiger partial charge in [-0.05, 0) is 13.0 Å². The highest BCUT2D eigenvalue weighted by atomic mass is 16.5. The molecule has 7 heteroatoms. The lowest BCUT2D eigenvalue weighted by atomic mass is 10.3. The third kappa shape index (κ3) is 10.4. The van der Waals surface area contributed by atoms with Crippen molar-refractivity contribution in [3.05, 3.63) is 0 Å². The minimum absolute atomic E-state index is 0.264. The number of nitrogens with one attached hydrogen (secondary N) is 2. The van der Waals surface area contributed by atoms with Crippen molar-refractivity contribution >= 4 is 11.9 Å². The van der Waals surface area contributed by atoms with Gasteiger partial charge in [-0.3, -0.25) is 4.79 Å². The summed E-state index contributed by atoms with van der Waals surface area (Å²) in [6, 6.07) is -0.656. The maximum Gasteiger partial charge on any atom is 0.329 e. The SMILES string of the molecule is COCCOCCCNCC(NC(C)=O)C(=O)OC. The molecule has 0 aliphatic rings. The molecular weight excluding hydrogens is 252 g/mol. The van der Waals surface area contributed by atoms with Gasteiger partial charge in [0.15, 0.2) is 0 Å². The molecule has 7 nitrogen and oxygen atoms in total. The molecule has 0 fully saturated rings. The van der Waals surface area contributed by atoms with Crippen LogP contribution >= 0.6 is 0 Å². The molecule has 1 unspecified atom stereocenters. The molecule has 2 N–H and O–H groups in total. The Bertz CT molecular complexity index is 261. The number of carbonyl (C=O) groups is 2. The van der Waals surface area contributed by atoms with Crippen molar-refractivity contribution in [1.29, 1.82) is 0 Å². The van der Waals surface area contributed by atoms with Gasteiger partial charge in [0.25, 0.3) is 0 Å². The third-order valence-electron chi connectivity index (χ3n) is 2.29. The fourth-order valence-electron chi connectivity index (χ4n) is 1.37. The van der Waals surface area contributed by atoms with E-state index < -0.39 is 12.0 Å². The summed E-state index contributed by atoms with van der Waals surface area (Å²) >= 11 is 0. The predicted molar refractivity (Wildman–Crippen MR) is 69.8 cm³/mol. The zero-order chi connectivity index (χ0) is 14.5. The first-order valence-electron chi connectivity index (χ1n) is 6.24. The fraction of sp³-hybridized carbons (Fsp3) is 0.833. The molecule has 1 amide bonds. The highest BCUT2D eigenvalue weighted by Crippen LogP contribution is 1.88. The average molecular weight is 276 g/mol. The van der Waals surface area contributed by atoms with Crippen molar-refractivity contribution in [2.45, 2.75) is 19.4 Å². The summed E-state index contributed by atoms with van der Waals surface area (Å²) in [7, 11) is 2.92. The number of carbonyl (C=O) groups excluding carboxylic acids is 2. The molecule has 112 valence electrons. The van der Waals surface area contributed by atoms with Gasteiger partial charge in [0.1, 0.15) is 6.04 Å². The Hall–Kier alpha value is -1.18. The highest BCUT2D eigenvalue weighted by Gasteiger charge is 2.19. The number of rotatable bonds is 11. The molecule has 0 radical (unpaired) electrons. The van der Waals surface area contributed by atoms with Gasteiger partial charge in [-0.15, -0.1) is 0 Å². The van der Waals surface area contributed by atoms with Crippen LogP contribution in [0.1, 0.15) is 13.3 Å². The maximum atomic E-state index is 11.4. The predicted octanol–water partition coefficient (Wildman–Crippen LogP) is -0.693. The van der Waals surface area contributed by atoms with Crippen LogP contribution in [0.5, 0.6) is 0 Å². The fourth-order valence-corrected chi connectivity index (χ4v) is 1.37. The van der Waals surface area contributed by atoms with Gasteiger partial charge >= 0.3 is 5.97 Å². The standard InChI is InChI=1S/C12H24N2O5/c1-10(15)14-11(12(16)18-3)9-13-5-4-6-19-8-7-17-2/h11,13H,4-9H2,1-3H3,(H,14,15). The van der Waals surface area contributed by atoms with Crippen LogP contribution in [0.4, 0.5) is 0 Å². The number of esters is 1. The Morgan fingerprint density at radius 2 is 1.89 bits per heavy atom. The smallest absolute Gasteiger partial charge is 0.329 e. The molecule has 0 aromatic carbocycles. The van der Waals surface area contributed by atoms with Gasteiger partial charge < -0.3 is 24.8 Å². The zero-order valence-corrected chi connectivity index (χ0v) is 11.9. The molecule has 0 spiro atoms. The highest BCUT2D eigenvalue weighted by molar-refractivity contribution is 5.83. The van der Waals surface area contributed by atoms with Crippen molar-refractivity contribution in [3.63, 3.8) is 0 Å². The van der Waals surface area contributed by atoms with E-state index in [9.17, 15) is 9.59 Å². The van der Waals surface area contributed by atoms with Gasteiger partial charge in [-0.2, -0.15) is 0 Å². The summed E-state index contributed by atoms with van der Waals surface area (Å²) in [6.45, 7) is 4.18. The molecule has 1 atom stereocenters. The monoisotopic (exact) mass is 276 g/mol. The van der Waals surface area contributed by atoms with Crippen molar-refractivity contribution in [2.24, 2.45) is 0 Å². The number of hydrogen-bond donors (Lipinski definition) is 2. The topological polar surface area (TPSA) is 85.9 Å². The van der Waals surface area contributed by atoms with E-state index >= 15 is 0 Å². The van der Waals surface area contributed by atoms with Crippen LogP contribution in [0.3, 0.4) is 0 Å². The summed E-state index contributed by atoms with van der Waals surface area (Å²) in [6.07, 6.45) is 0.817. The molecule has 0 saturated heterocycles. The maximum absolute atomic E-state index is 11.4. The van der Waals surface area contributed by atoms with Gasteiger partial charge in [-0.25, -0.2) is 4.79 Å². The van der Waals surface area contributed by atoms with Crippen molar-refractivity contribution in [1.82, 2.24) is 10.6 Å². The largest absolute Gasteiger partial charge is 0.467 e. The Morgan fingerprint density at radius 1 is 1.16 bits per heavy atom. The van der Waals surface area contributed by atoms with Crippen LogP contribution in [0.25, 0.3) is 0 Å². The first-order valence-corrected chi connectivity index (χ1v) is 6.24. The summed E-state index contributed by atoms with van der Waals surface area (Å²) in [5, 5.41) is 5.60. The number of amides is 1. The lowest BCUT2D eigenvalue weighted by Crippen LogP contribution is -2.47. The molecule has 0 rings (SSSR count). The Balaban J connectivity index is 3.63. The van der Waals surface area contributed by atoms with Crippen LogP contribution in [0.2, 0.25) is 0 Å². The lowest BCUT2D eigenvalue weighted by molar-refractivity contribution is -0.144. The number of hydrogen-bond acceptors (Lipinski definition) is 6. The third-order valence-corrected chi connectivity index (χ3v) is 2.29. The lowest BCUT2D eigenvalue weighted by Gasteiger charge is -2.16. The van der Waals surface area contributed by atoms with Crippen LogP contribution in [0, 0.1) is 0 Å². The van der Waals surface area contributed by atoms with E-state index in [0.29, 0.717) is 32.9 Å². The van der Waals surface area contributed by atoms with E-state index in [1.807, 2.05) is 0 Å². The van der Waals surface area contributed by atoms with Crippen LogP contribution in [0.15, 0.2) is 0 Å². The van der Waals surface area contributed by atoms with Crippen molar-refractivity contribution < 1.29 is 23.8 Å². The van der Waals surface area contributed by atoms with Crippen LogP contribution in [-0.4, -0.2) is 65.0 Å². The van der Waals surface area contributed by atoms with E-state index in [1.165, 1.54) is 14.0 Å². The second kappa shape index (κ2) is 11.9. The van der Waals surface area contributed by atoms with Crippen LogP contribution < -0.4 is 10.6 Å². The first kappa shape index (κ1) is 17.8. The first-order chi connectivity index (χ1) is 9.11. The zero-order valence-electron chi connectivity index (χ0n) is 11.9. The Kier molecular flexibility index (Phi) is 11.1. The van der Waals surface area contributed by atoms with Crippen molar-refractivity contribution in [2.75, 3.05) is 47.1 Å². The average Bonchev–Trinajstić information content (AvgIpc) is 2.39. The molecule has 0 aliphatic heterocycles. The van der Waals surface area contributed by atoms with Gasteiger partial charge in [0.05, 0.1) is 20.3 Å². The molecule has 0 heterocycles. The summed E-state index contributed by atoms with van der Waals surface area (Å²) in [5.74, 6) is -0.723. The minimum atomic E-state index is -0.656. The molecular formula is C12H24N2O5. The minimum Gasteiger partial charge on any atom is -0.467 e. The van der Waals surface area contributed by atoms with E-state index in [1.54, 1.807) is 7.11 Å².